The summed E-state index contributed by atoms with van der Waals surface area (Å²) in [5.74, 6) is -1.29. The van der Waals surface area contributed by atoms with Crippen LogP contribution in [0.25, 0.3) is 0 Å². The largest absolute Gasteiger partial charge is 0.481 e. The third-order valence-corrected chi connectivity index (χ3v) is 2.47. The zero-order chi connectivity index (χ0) is 13.5. The fourth-order valence-electron chi connectivity index (χ4n) is 1.59. The Morgan fingerprint density at radius 3 is 2.44 bits per heavy atom. The molecule has 1 atom stereocenters. The Kier molecular flexibility index (Phi) is 5.32. The summed E-state index contributed by atoms with van der Waals surface area (Å²) >= 11 is 0. The SMILES string of the molecule is COCC(=O)N[C@@H](CC(=O)O)c1ccc(C)cc1. The van der Waals surface area contributed by atoms with Gasteiger partial charge in [0.25, 0.3) is 0 Å². The molecule has 0 spiro atoms. The van der Waals surface area contributed by atoms with Crippen LogP contribution in [0.3, 0.4) is 0 Å². The summed E-state index contributed by atoms with van der Waals surface area (Å²) in [6.45, 7) is 1.86. The highest BCUT2D eigenvalue weighted by molar-refractivity contribution is 5.78. The highest BCUT2D eigenvalue weighted by atomic mass is 16.5. The molecule has 5 heteroatoms. The highest BCUT2D eigenvalue weighted by Crippen LogP contribution is 2.17. The van der Waals surface area contributed by atoms with Gasteiger partial charge >= 0.3 is 5.97 Å². The summed E-state index contributed by atoms with van der Waals surface area (Å²) < 4.78 is 4.71. The van der Waals surface area contributed by atoms with E-state index in [-0.39, 0.29) is 18.9 Å². The molecule has 0 heterocycles. The van der Waals surface area contributed by atoms with E-state index in [0.29, 0.717) is 0 Å². The van der Waals surface area contributed by atoms with Crippen LogP contribution in [-0.2, 0) is 14.3 Å². The van der Waals surface area contributed by atoms with E-state index in [1.165, 1.54) is 7.11 Å². The first-order valence-electron chi connectivity index (χ1n) is 5.59. The number of nitrogens with one attached hydrogen (secondary N) is 1. The van der Waals surface area contributed by atoms with Crippen LogP contribution < -0.4 is 5.32 Å². The molecule has 0 unspecified atom stereocenters. The molecular weight excluding hydrogens is 234 g/mol. The number of carboxylic acids is 1. The summed E-state index contributed by atoms with van der Waals surface area (Å²) in [4.78, 5) is 22.3. The van der Waals surface area contributed by atoms with Crippen molar-refractivity contribution in [2.24, 2.45) is 0 Å². The molecular formula is C13H17NO4. The lowest BCUT2D eigenvalue weighted by Crippen LogP contribution is -2.32. The van der Waals surface area contributed by atoms with Gasteiger partial charge < -0.3 is 15.2 Å². The number of carbonyl (C=O) groups excluding carboxylic acids is 1. The number of hydrogen-bond donors (Lipinski definition) is 2. The number of rotatable bonds is 6. The molecule has 1 aromatic rings. The quantitative estimate of drug-likeness (QED) is 0.798. The maximum absolute atomic E-state index is 11.4. The Hall–Kier alpha value is -1.88. The number of benzene rings is 1. The van der Waals surface area contributed by atoms with Crippen LogP contribution in [0.15, 0.2) is 24.3 Å². The van der Waals surface area contributed by atoms with Crippen LogP contribution in [0.5, 0.6) is 0 Å². The molecule has 2 N–H and O–H groups in total. The van der Waals surface area contributed by atoms with Gasteiger partial charge in [-0.1, -0.05) is 29.8 Å². The number of carboxylic acid groups (broad SMARTS) is 1. The number of carbonyl (C=O) groups is 2. The third kappa shape index (κ3) is 4.55. The topological polar surface area (TPSA) is 75.6 Å². The van der Waals surface area contributed by atoms with Crippen molar-refractivity contribution in [2.45, 2.75) is 19.4 Å². The van der Waals surface area contributed by atoms with Gasteiger partial charge in [0.2, 0.25) is 5.91 Å². The summed E-state index contributed by atoms with van der Waals surface area (Å²) in [6.07, 6.45) is -0.154. The fraction of sp³-hybridized carbons (Fsp3) is 0.385. The smallest absolute Gasteiger partial charge is 0.305 e. The monoisotopic (exact) mass is 251 g/mol. The van der Waals surface area contributed by atoms with E-state index >= 15 is 0 Å². The van der Waals surface area contributed by atoms with E-state index in [9.17, 15) is 9.59 Å². The van der Waals surface area contributed by atoms with E-state index < -0.39 is 12.0 Å². The maximum Gasteiger partial charge on any atom is 0.305 e. The normalized spacial score (nSPS) is 11.9. The Labute approximate surface area is 106 Å². The average molecular weight is 251 g/mol. The number of methoxy groups -OCH3 is 1. The maximum atomic E-state index is 11.4. The zero-order valence-electron chi connectivity index (χ0n) is 10.5. The standard InChI is InChI=1S/C13H17NO4/c1-9-3-5-10(6-4-9)11(7-13(16)17)14-12(15)8-18-2/h3-6,11H,7-8H2,1-2H3,(H,14,15)(H,16,17)/t11-/m0/s1. The van der Waals surface area contributed by atoms with Crippen LogP contribution in [0.4, 0.5) is 0 Å². The second kappa shape index (κ2) is 6.76. The zero-order valence-corrected chi connectivity index (χ0v) is 10.5. The fourth-order valence-corrected chi connectivity index (χ4v) is 1.59. The molecule has 0 bridgehead atoms. The summed E-state index contributed by atoms with van der Waals surface area (Å²) in [5, 5.41) is 11.5. The molecule has 0 aliphatic rings. The van der Waals surface area contributed by atoms with E-state index in [1.807, 2.05) is 31.2 Å². The first-order valence-corrected chi connectivity index (χ1v) is 5.59. The van der Waals surface area contributed by atoms with Gasteiger partial charge in [0.1, 0.15) is 6.61 Å². The Morgan fingerprint density at radius 2 is 1.94 bits per heavy atom. The van der Waals surface area contributed by atoms with Gasteiger partial charge in [0.05, 0.1) is 12.5 Å². The van der Waals surface area contributed by atoms with Gasteiger partial charge in [0.15, 0.2) is 0 Å². The molecule has 18 heavy (non-hydrogen) atoms. The first-order chi connectivity index (χ1) is 8.52. The molecule has 1 aromatic carbocycles. The number of amides is 1. The van der Waals surface area contributed by atoms with Crippen molar-refractivity contribution >= 4 is 11.9 Å². The van der Waals surface area contributed by atoms with Crippen LogP contribution in [-0.4, -0.2) is 30.7 Å². The Bertz CT molecular complexity index is 414. The van der Waals surface area contributed by atoms with Crippen molar-refractivity contribution in [3.63, 3.8) is 0 Å². The summed E-state index contributed by atoms with van der Waals surface area (Å²) in [6, 6.07) is 6.86. The van der Waals surface area contributed by atoms with E-state index in [1.54, 1.807) is 0 Å². The molecule has 0 radical (unpaired) electrons. The van der Waals surface area contributed by atoms with E-state index in [0.717, 1.165) is 11.1 Å². The molecule has 0 saturated carbocycles. The van der Waals surface area contributed by atoms with Gasteiger partial charge in [-0.05, 0) is 12.5 Å². The predicted octanol–water partition coefficient (Wildman–Crippen LogP) is 1.27. The van der Waals surface area contributed by atoms with Crippen LogP contribution in [0.2, 0.25) is 0 Å². The van der Waals surface area contributed by atoms with Gasteiger partial charge in [0, 0.05) is 7.11 Å². The summed E-state index contributed by atoms with van der Waals surface area (Å²) in [7, 11) is 1.41. The van der Waals surface area contributed by atoms with Crippen LogP contribution in [0.1, 0.15) is 23.6 Å². The van der Waals surface area contributed by atoms with Crippen molar-refractivity contribution in [3.8, 4) is 0 Å². The first kappa shape index (κ1) is 14.2. The number of hydrogen-bond acceptors (Lipinski definition) is 3. The van der Waals surface area contributed by atoms with Crippen molar-refractivity contribution in [2.75, 3.05) is 13.7 Å². The van der Waals surface area contributed by atoms with Gasteiger partial charge in [-0.2, -0.15) is 0 Å². The summed E-state index contributed by atoms with van der Waals surface area (Å²) in [5.41, 5.74) is 1.85. The van der Waals surface area contributed by atoms with Gasteiger partial charge in [-0.15, -0.1) is 0 Å². The second-order valence-corrected chi connectivity index (χ2v) is 4.06. The highest BCUT2D eigenvalue weighted by Gasteiger charge is 2.17. The van der Waals surface area contributed by atoms with Crippen molar-refractivity contribution in [1.82, 2.24) is 5.32 Å². The predicted molar refractivity (Wildman–Crippen MR) is 66.2 cm³/mol. The lowest BCUT2D eigenvalue weighted by molar-refractivity contribution is -0.137. The number of ether oxygens (including phenoxy) is 1. The third-order valence-electron chi connectivity index (χ3n) is 2.47. The van der Waals surface area contributed by atoms with Crippen molar-refractivity contribution in [1.29, 1.82) is 0 Å². The minimum absolute atomic E-state index is 0.0814. The Morgan fingerprint density at radius 1 is 1.33 bits per heavy atom. The molecule has 5 nitrogen and oxygen atoms in total. The van der Waals surface area contributed by atoms with E-state index in [2.05, 4.69) is 5.32 Å². The lowest BCUT2D eigenvalue weighted by atomic mass is 10.0. The molecule has 0 aliphatic carbocycles. The molecule has 0 saturated heterocycles. The minimum atomic E-state index is -0.960. The van der Waals surface area contributed by atoms with E-state index in [4.69, 9.17) is 9.84 Å². The van der Waals surface area contributed by atoms with Gasteiger partial charge in [-0.25, -0.2) is 0 Å². The number of aliphatic carboxylic acids is 1. The second-order valence-electron chi connectivity index (χ2n) is 4.06. The molecule has 1 rings (SSSR count). The van der Waals surface area contributed by atoms with Crippen molar-refractivity contribution < 1.29 is 19.4 Å². The molecule has 0 aliphatic heterocycles. The molecule has 1 amide bonds. The van der Waals surface area contributed by atoms with Gasteiger partial charge in [-0.3, -0.25) is 9.59 Å². The lowest BCUT2D eigenvalue weighted by Gasteiger charge is -2.17. The average Bonchev–Trinajstić information content (AvgIpc) is 2.28. The Balaban J connectivity index is 2.80. The van der Waals surface area contributed by atoms with Crippen LogP contribution >= 0.6 is 0 Å². The molecule has 0 fully saturated rings. The number of aryl methyl sites for hydroxylation is 1. The molecule has 98 valence electrons. The molecule has 0 aromatic heterocycles. The van der Waals surface area contributed by atoms with Crippen LogP contribution in [0, 0.1) is 6.92 Å². The minimum Gasteiger partial charge on any atom is -0.481 e. The van der Waals surface area contributed by atoms with Crippen molar-refractivity contribution in [3.05, 3.63) is 35.4 Å².